The summed E-state index contributed by atoms with van der Waals surface area (Å²) in [6.07, 6.45) is 4.97. The number of alkyl carbamates (subject to hydrolysis) is 1. The Morgan fingerprint density at radius 2 is 1.85 bits per heavy atom. The largest absolute Gasteiger partial charge is 0.465 e. The number of thiol groups is 1. The van der Waals surface area contributed by atoms with Crippen LogP contribution in [0.4, 0.5) is 4.79 Å². The lowest BCUT2D eigenvalue weighted by atomic mass is 10.00. The van der Waals surface area contributed by atoms with Crippen molar-refractivity contribution in [1.82, 2.24) is 10.6 Å². The molecule has 3 rings (SSSR count). The van der Waals surface area contributed by atoms with Gasteiger partial charge in [0.15, 0.2) is 12.2 Å². The first-order valence-electron chi connectivity index (χ1n) is 12.9. The SMILES string of the molecule is CC(=O)NC(=O)OC1C2OC2CC/C(C)=C\C(=O)NC(=O)/C=C/C=C\C(=O)OC1C1OC1/C=C/CCOC(=O)CS. The number of rotatable bonds is 7. The van der Waals surface area contributed by atoms with Crippen molar-refractivity contribution in [3.05, 3.63) is 48.1 Å². The van der Waals surface area contributed by atoms with Gasteiger partial charge in [0.1, 0.15) is 18.3 Å². The fourth-order valence-corrected chi connectivity index (χ4v) is 4.10. The molecule has 0 spiro atoms. The van der Waals surface area contributed by atoms with E-state index >= 15 is 0 Å². The third-order valence-electron chi connectivity index (χ3n) is 5.97. The van der Waals surface area contributed by atoms with Crippen LogP contribution < -0.4 is 10.6 Å². The normalized spacial score (nSPS) is 31.3. The molecule has 0 radical (unpaired) electrons. The molecule has 0 bridgehead atoms. The number of hydrogen-bond acceptors (Lipinski definition) is 12. The van der Waals surface area contributed by atoms with Crippen molar-refractivity contribution < 1.29 is 52.5 Å². The minimum Gasteiger partial charge on any atom is -0.465 e. The Morgan fingerprint density at radius 1 is 1.10 bits per heavy atom. The number of esters is 2. The van der Waals surface area contributed by atoms with Gasteiger partial charge in [-0.1, -0.05) is 29.9 Å². The second-order valence-corrected chi connectivity index (χ2v) is 9.67. The van der Waals surface area contributed by atoms with Crippen LogP contribution in [-0.4, -0.2) is 84.7 Å². The van der Waals surface area contributed by atoms with Gasteiger partial charge in [-0.15, -0.1) is 0 Å². The van der Waals surface area contributed by atoms with Crippen LogP contribution in [0.25, 0.3) is 0 Å². The van der Waals surface area contributed by atoms with Crippen molar-refractivity contribution >= 4 is 48.4 Å². The van der Waals surface area contributed by atoms with Gasteiger partial charge < -0.3 is 23.7 Å². The molecule has 6 atom stereocenters. The van der Waals surface area contributed by atoms with Crippen LogP contribution in [0, 0.1) is 0 Å². The maximum atomic E-state index is 12.7. The number of fused-ring (bicyclic) bond motifs is 1. The Kier molecular flexibility index (Phi) is 11.9. The van der Waals surface area contributed by atoms with E-state index in [4.69, 9.17) is 23.7 Å². The lowest BCUT2D eigenvalue weighted by molar-refractivity contribution is -0.151. The van der Waals surface area contributed by atoms with Crippen molar-refractivity contribution in [3.8, 4) is 0 Å². The molecule has 0 aromatic rings. The minimum absolute atomic E-state index is 0.0290. The summed E-state index contributed by atoms with van der Waals surface area (Å²) >= 11 is 3.84. The summed E-state index contributed by atoms with van der Waals surface area (Å²) in [6, 6.07) is 0. The maximum Gasteiger partial charge on any atom is 0.414 e. The molecule has 6 unspecified atom stereocenters. The molecule has 2 fully saturated rings. The third-order valence-corrected chi connectivity index (χ3v) is 6.23. The summed E-state index contributed by atoms with van der Waals surface area (Å²) in [7, 11) is 0. The Hall–Kier alpha value is -3.75. The van der Waals surface area contributed by atoms with Crippen molar-refractivity contribution in [3.63, 3.8) is 0 Å². The number of carbonyl (C=O) groups excluding carboxylic acids is 6. The van der Waals surface area contributed by atoms with E-state index in [1.165, 1.54) is 18.2 Å². The van der Waals surface area contributed by atoms with E-state index in [1.807, 2.05) is 5.32 Å². The summed E-state index contributed by atoms with van der Waals surface area (Å²) < 4.78 is 27.6. The summed E-state index contributed by atoms with van der Waals surface area (Å²) in [5.41, 5.74) is 0.684. The highest BCUT2D eigenvalue weighted by molar-refractivity contribution is 7.81. The maximum absolute atomic E-state index is 12.7. The molecule has 222 valence electrons. The summed E-state index contributed by atoms with van der Waals surface area (Å²) in [4.78, 5) is 71.7. The quantitative estimate of drug-likeness (QED) is 0.0730. The summed E-state index contributed by atoms with van der Waals surface area (Å²) in [5.74, 6) is -3.21. The summed E-state index contributed by atoms with van der Waals surface area (Å²) in [5, 5.41) is 4.21. The van der Waals surface area contributed by atoms with Gasteiger partial charge in [-0.2, -0.15) is 12.6 Å². The predicted octanol–water partition coefficient (Wildman–Crippen LogP) is 0.989. The van der Waals surface area contributed by atoms with Gasteiger partial charge in [-0.3, -0.25) is 29.8 Å². The highest BCUT2D eigenvalue weighted by atomic mass is 32.1. The van der Waals surface area contributed by atoms with Gasteiger partial charge >= 0.3 is 18.0 Å². The lowest BCUT2D eigenvalue weighted by Crippen LogP contribution is -2.46. The van der Waals surface area contributed by atoms with Crippen molar-refractivity contribution in [1.29, 1.82) is 0 Å². The predicted molar refractivity (Wildman–Crippen MR) is 144 cm³/mol. The summed E-state index contributed by atoms with van der Waals surface area (Å²) in [6.45, 7) is 3.01. The number of imide groups is 2. The molecular weight excluding hydrogens is 560 g/mol. The Balaban J connectivity index is 1.81. The fourth-order valence-electron chi connectivity index (χ4n) is 4.00. The molecule has 41 heavy (non-hydrogen) atoms. The topological polar surface area (TPSA) is 179 Å². The Bertz CT molecular complexity index is 1160. The second-order valence-electron chi connectivity index (χ2n) is 9.35. The molecule has 13 nitrogen and oxygen atoms in total. The Labute approximate surface area is 241 Å². The minimum atomic E-state index is -1.14. The molecule has 0 saturated carbocycles. The standard InChI is InChI=1S/C27H32N2O11S/c1-15-10-11-18-24(38-18)26(40-27(35)28-16(2)30)25(23-17(37-23)7-5-6-12-36-22(34)14-41)39-21(33)9-4-3-8-19(31)29-20(32)13-15/h3-5,7-9,13,17-18,23-26,41H,6,10-12,14H2,1-2H3,(H,28,30,35)(H,29,31,32)/b7-5+,8-3+,9-4-,15-13-. The molecule has 0 aromatic carbocycles. The monoisotopic (exact) mass is 592 g/mol. The number of cyclic esters (lactones) is 1. The van der Waals surface area contributed by atoms with Crippen molar-refractivity contribution in [2.75, 3.05) is 12.4 Å². The first-order valence-corrected chi connectivity index (χ1v) is 13.5. The highest BCUT2D eigenvalue weighted by Gasteiger charge is 2.58. The molecule has 14 heteroatoms. The van der Waals surface area contributed by atoms with E-state index in [0.29, 0.717) is 24.8 Å². The number of hydrogen-bond donors (Lipinski definition) is 3. The molecular formula is C27H32N2O11S. The first-order chi connectivity index (χ1) is 19.6. The molecule has 0 aromatic heterocycles. The zero-order chi connectivity index (χ0) is 29.9. The van der Waals surface area contributed by atoms with E-state index in [2.05, 4.69) is 17.9 Å². The average Bonchev–Trinajstić information content (AvgIpc) is 3.82. The fraction of sp³-hybridized carbons (Fsp3) is 0.481. The van der Waals surface area contributed by atoms with E-state index in [0.717, 1.165) is 19.1 Å². The van der Waals surface area contributed by atoms with Crippen LogP contribution in [-0.2, 0) is 47.7 Å². The lowest BCUT2D eigenvalue weighted by Gasteiger charge is -2.24. The molecule has 2 N–H and O–H groups in total. The second kappa shape index (κ2) is 15.3. The molecule has 0 aliphatic carbocycles. The highest BCUT2D eigenvalue weighted by Crippen LogP contribution is 2.39. The van der Waals surface area contributed by atoms with Crippen LogP contribution in [0.5, 0.6) is 0 Å². The van der Waals surface area contributed by atoms with E-state index in [-0.39, 0.29) is 12.4 Å². The van der Waals surface area contributed by atoms with Gasteiger partial charge in [-0.05, 0) is 26.2 Å². The van der Waals surface area contributed by atoms with Crippen LogP contribution in [0.3, 0.4) is 0 Å². The zero-order valence-electron chi connectivity index (χ0n) is 22.5. The van der Waals surface area contributed by atoms with Crippen LogP contribution in [0.2, 0.25) is 0 Å². The van der Waals surface area contributed by atoms with Crippen LogP contribution >= 0.6 is 12.6 Å². The smallest absolute Gasteiger partial charge is 0.414 e. The van der Waals surface area contributed by atoms with Crippen LogP contribution in [0.15, 0.2) is 48.1 Å². The van der Waals surface area contributed by atoms with Gasteiger partial charge in [0.25, 0.3) is 11.8 Å². The van der Waals surface area contributed by atoms with Crippen molar-refractivity contribution in [2.45, 2.75) is 69.7 Å². The van der Waals surface area contributed by atoms with E-state index < -0.39 is 72.4 Å². The molecule has 2 saturated heterocycles. The number of amides is 4. The zero-order valence-corrected chi connectivity index (χ0v) is 23.4. The molecule has 3 heterocycles. The molecule has 3 aliphatic rings. The number of allylic oxidation sites excluding steroid dienone is 3. The average molecular weight is 593 g/mol. The van der Waals surface area contributed by atoms with E-state index in [1.54, 1.807) is 19.1 Å². The third kappa shape index (κ3) is 11.0. The van der Waals surface area contributed by atoms with Gasteiger partial charge in [-0.25, -0.2) is 9.59 Å². The van der Waals surface area contributed by atoms with E-state index in [9.17, 15) is 28.8 Å². The molecule has 4 amide bonds. The number of epoxide rings is 2. The van der Waals surface area contributed by atoms with Crippen molar-refractivity contribution in [2.24, 2.45) is 0 Å². The molecule has 3 aliphatic heterocycles. The number of nitrogens with one attached hydrogen (secondary N) is 2. The first kappa shape index (κ1) is 31.8. The Morgan fingerprint density at radius 3 is 2.59 bits per heavy atom. The number of carbonyl (C=O) groups is 6. The number of ether oxygens (including phenoxy) is 5. The van der Waals surface area contributed by atoms with Gasteiger partial charge in [0.2, 0.25) is 5.91 Å². The van der Waals surface area contributed by atoms with Gasteiger partial charge in [0, 0.05) is 25.2 Å². The van der Waals surface area contributed by atoms with Gasteiger partial charge in [0.05, 0.1) is 18.5 Å². The van der Waals surface area contributed by atoms with Crippen LogP contribution in [0.1, 0.15) is 33.1 Å².